The third-order valence-electron chi connectivity index (χ3n) is 4.53. The van der Waals surface area contributed by atoms with Crippen LogP contribution in [0.3, 0.4) is 0 Å². The van der Waals surface area contributed by atoms with E-state index in [1.165, 1.54) is 6.20 Å². The Balaban J connectivity index is 1.63. The summed E-state index contributed by atoms with van der Waals surface area (Å²) in [6.07, 6.45) is 3.64. The number of β-amino-alcohol motifs (C(OH)–C–C–N with tert-alkyl or cyclic N) is 1. The zero-order valence-corrected chi connectivity index (χ0v) is 13.8. The largest absolute Gasteiger partial charge is 0.381 e. The van der Waals surface area contributed by atoms with Crippen molar-refractivity contribution < 1.29 is 9.90 Å². The summed E-state index contributed by atoms with van der Waals surface area (Å²) in [4.78, 5) is 14.7. The summed E-state index contributed by atoms with van der Waals surface area (Å²) < 4.78 is 1.63. The third-order valence-corrected chi connectivity index (χ3v) is 4.53. The first-order valence-electron chi connectivity index (χ1n) is 8.04. The lowest BCUT2D eigenvalue weighted by molar-refractivity contribution is 0.0382. The minimum atomic E-state index is -1.17. The second-order valence-electron chi connectivity index (χ2n) is 6.29. The van der Waals surface area contributed by atoms with Crippen LogP contribution in [-0.4, -0.2) is 54.2 Å². The molecule has 1 atom stereocenters. The van der Waals surface area contributed by atoms with Crippen LogP contribution in [0.2, 0.25) is 0 Å². The maximum absolute atomic E-state index is 13.0. The number of benzene rings is 1. The lowest BCUT2D eigenvalue weighted by Crippen LogP contribution is -2.34. The minimum absolute atomic E-state index is 0.147. The van der Waals surface area contributed by atoms with E-state index >= 15 is 0 Å². The standard InChI is InChI=1S/C17H18N6O2/c1-22-10-13(15(20-22)12-5-3-2-4-6-12)16(24)23-8-7-17(25,11-23)14-9-18-21-19-14/h2-6,9-10,25H,7-8,11H2,1H3,(H,18,19,21)/t17-/m1/s1. The van der Waals surface area contributed by atoms with Gasteiger partial charge in [-0.25, -0.2) is 0 Å². The quantitative estimate of drug-likeness (QED) is 0.740. The summed E-state index contributed by atoms with van der Waals surface area (Å²) in [7, 11) is 1.79. The van der Waals surface area contributed by atoms with Crippen LogP contribution in [0.5, 0.6) is 0 Å². The highest BCUT2D eigenvalue weighted by molar-refractivity contribution is 6.00. The summed E-state index contributed by atoms with van der Waals surface area (Å²) in [5.74, 6) is -0.147. The van der Waals surface area contributed by atoms with Crippen LogP contribution in [-0.2, 0) is 12.6 Å². The van der Waals surface area contributed by atoms with Crippen LogP contribution in [0, 0.1) is 0 Å². The summed E-state index contributed by atoms with van der Waals surface area (Å²) in [5.41, 5.74) is 1.34. The van der Waals surface area contributed by atoms with Gasteiger partial charge in [0.1, 0.15) is 17.0 Å². The van der Waals surface area contributed by atoms with Crippen molar-refractivity contribution in [1.29, 1.82) is 0 Å². The van der Waals surface area contributed by atoms with E-state index in [9.17, 15) is 9.90 Å². The zero-order chi connectivity index (χ0) is 17.4. The van der Waals surface area contributed by atoms with Gasteiger partial charge in [-0.1, -0.05) is 30.3 Å². The Morgan fingerprint density at radius 3 is 2.84 bits per heavy atom. The normalized spacial score (nSPS) is 20.2. The van der Waals surface area contributed by atoms with Gasteiger partial charge in [0.2, 0.25) is 0 Å². The first-order valence-corrected chi connectivity index (χ1v) is 8.04. The molecule has 128 valence electrons. The molecular weight excluding hydrogens is 320 g/mol. The maximum Gasteiger partial charge on any atom is 0.257 e. The number of hydrogen-bond donors (Lipinski definition) is 2. The van der Waals surface area contributed by atoms with Crippen molar-refractivity contribution in [3.8, 4) is 11.3 Å². The second-order valence-corrected chi connectivity index (χ2v) is 6.29. The molecule has 2 N–H and O–H groups in total. The Morgan fingerprint density at radius 1 is 1.32 bits per heavy atom. The number of rotatable bonds is 3. The fraction of sp³-hybridized carbons (Fsp3) is 0.294. The summed E-state index contributed by atoms with van der Waals surface area (Å²) >= 11 is 0. The lowest BCUT2D eigenvalue weighted by Gasteiger charge is -2.21. The SMILES string of the molecule is Cn1cc(C(=O)N2CC[C@](O)(c3cn[nH]n3)C2)c(-c2ccccc2)n1. The van der Waals surface area contributed by atoms with Crippen molar-refractivity contribution >= 4 is 5.91 Å². The van der Waals surface area contributed by atoms with E-state index in [0.29, 0.717) is 29.9 Å². The fourth-order valence-electron chi connectivity index (χ4n) is 3.23. The molecule has 0 aliphatic carbocycles. The molecule has 8 heteroatoms. The van der Waals surface area contributed by atoms with Crippen molar-refractivity contribution in [2.75, 3.05) is 13.1 Å². The van der Waals surface area contributed by atoms with Gasteiger partial charge >= 0.3 is 0 Å². The maximum atomic E-state index is 13.0. The Hall–Kier alpha value is -3.00. The lowest BCUT2D eigenvalue weighted by atomic mass is 10.00. The Labute approximate surface area is 144 Å². The van der Waals surface area contributed by atoms with Gasteiger partial charge < -0.3 is 10.0 Å². The van der Waals surface area contributed by atoms with E-state index in [1.54, 1.807) is 22.8 Å². The second kappa shape index (κ2) is 5.82. The first-order chi connectivity index (χ1) is 12.1. The molecule has 3 heterocycles. The molecule has 0 radical (unpaired) electrons. The zero-order valence-electron chi connectivity index (χ0n) is 13.8. The van der Waals surface area contributed by atoms with Crippen LogP contribution in [0.1, 0.15) is 22.5 Å². The van der Waals surface area contributed by atoms with E-state index in [4.69, 9.17) is 0 Å². The molecule has 1 aliphatic rings. The molecule has 1 aromatic carbocycles. The summed E-state index contributed by atoms with van der Waals surface area (Å²) in [6, 6.07) is 9.60. The van der Waals surface area contributed by atoms with Crippen molar-refractivity contribution in [2.24, 2.45) is 7.05 Å². The average molecular weight is 338 g/mol. The number of H-pyrrole nitrogens is 1. The van der Waals surface area contributed by atoms with Gasteiger partial charge in [-0.05, 0) is 0 Å². The molecule has 4 rings (SSSR count). The van der Waals surface area contributed by atoms with Gasteiger partial charge in [-0.2, -0.15) is 20.5 Å². The molecule has 0 unspecified atom stereocenters. The van der Waals surface area contributed by atoms with Gasteiger partial charge in [0.15, 0.2) is 0 Å². The van der Waals surface area contributed by atoms with Crippen LogP contribution in [0.15, 0.2) is 42.7 Å². The van der Waals surface area contributed by atoms with E-state index in [-0.39, 0.29) is 12.5 Å². The monoisotopic (exact) mass is 338 g/mol. The number of aliphatic hydroxyl groups is 1. The van der Waals surface area contributed by atoms with Crippen molar-refractivity contribution in [2.45, 2.75) is 12.0 Å². The van der Waals surface area contributed by atoms with Crippen LogP contribution < -0.4 is 0 Å². The van der Waals surface area contributed by atoms with Crippen LogP contribution in [0.25, 0.3) is 11.3 Å². The Bertz CT molecular complexity index is 889. The van der Waals surface area contributed by atoms with Crippen LogP contribution >= 0.6 is 0 Å². The predicted molar refractivity (Wildman–Crippen MR) is 89.4 cm³/mol. The smallest absolute Gasteiger partial charge is 0.257 e. The number of nitrogens with zero attached hydrogens (tertiary/aromatic N) is 5. The highest BCUT2D eigenvalue weighted by Gasteiger charge is 2.42. The van der Waals surface area contributed by atoms with E-state index in [2.05, 4.69) is 20.5 Å². The first kappa shape index (κ1) is 15.5. The number of amides is 1. The molecule has 3 aromatic rings. The van der Waals surface area contributed by atoms with Crippen molar-refractivity contribution in [3.05, 3.63) is 54.0 Å². The number of aromatic nitrogens is 5. The van der Waals surface area contributed by atoms with Crippen molar-refractivity contribution in [3.63, 3.8) is 0 Å². The number of aryl methyl sites for hydroxylation is 1. The minimum Gasteiger partial charge on any atom is -0.381 e. The number of aromatic amines is 1. The van der Waals surface area contributed by atoms with Gasteiger partial charge in [0, 0.05) is 31.8 Å². The van der Waals surface area contributed by atoms with E-state index in [1.807, 2.05) is 30.3 Å². The number of nitrogens with one attached hydrogen (secondary N) is 1. The Morgan fingerprint density at radius 2 is 2.12 bits per heavy atom. The molecule has 8 nitrogen and oxygen atoms in total. The fourth-order valence-corrected chi connectivity index (χ4v) is 3.23. The highest BCUT2D eigenvalue weighted by Crippen LogP contribution is 2.32. The highest BCUT2D eigenvalue weighted by atomic mass is 16.3. The molecular formula is C17H18N6O2. The summed E-state index contributed by atoms with van der Waals surface area (Å²) in [6.45, 7) is 0.632. The number of carbonyl (C=O) groups is 1. The van der Waals surface area contributed by atoms with E-state index in [0.717, 1.165) is 5.56 Å². The van der Waals surface area contributed by atoms with Gasteiger partial charge in [-0.15, -0.1) is 0 Å². The van der Waals surface area contributed by atoms with Crippen molar-refractivity contribution in [1.82, 2.24) is 30.1 Å². The molecule has 0 spiro atoms. The molecule has 1 amide bonds. The summed E-state index contributed by atoms with van der Waals surface area (Å²) in [5, 5.41) is 25.4. The topological polar surface area (TPSA) is 99.9 Å². The van der Waals surface area contributed by atoms with Crippen LogP contribution in [0.4, 0.5) is 0 Å². The molecule has 25 heavy (non-hydrogen) atoms. The number of carbonyl (C=O) groups excluding carboxylic acids is 1. The van der Waals surface area contributed by atoms with E-state index < -0.39 is 5.60 Å². The molecule has 2 aromatic heterocycles. The van der Waals surface area contributed by atoms with Gasteiger partial charge in [-0.3, -0.25) is 9.48 Å². The predicted octanol–water partition coefficient (Wildman–Crippen LogP) is 0.939. The molecule has 0 saturated carbocycles. The Kier molecular flexibility index (Phi) is 3.61. The molecule has 1 aliphatic heterocycles. The van der Waals surface area contributed by atoms with Gasteiger partial charge in [0.05, 0.1) is 18.3 Å². The average Bonchev–Trinajstić information content (AvgIpc) is 3.35. The number of hydrogen-bond acceptors (Lipinski definition) is 5. The molecule has 1 fully saturated rings. The number of likely N-dealkylation sites (tertiary alicyclic amines) is 1. The molecule has 0 bridgehead atoms. The van der Waals surface area contributed by atoms with Gasteiger partial charge in [0.25, 0.3) is 5.91 Å². The third kappa shape index (κ3) is 2.70. The molecule has 1 saturated heterocycles.